The van der Waals surface area contributed by atoms with Crippen molar-refractivity contribution in [3.8, 4) is 0 Å². The van der Waals surface area contributed by atoms with E-state index in [0.29, 0.717) is 5.41 Å². The first-order valence-electron chi connectivity index (χ1n) is 12.5. The van der Waals surface area contributed by atoms with E-state index in [1.165, 1.54) is 16.7 Å². The molecule has 0 unspecified atom stereocenters. The van der Waals surface area contributed by atoms with Crippen molar-refractivity contribution in [3.63, 3.8) is 0 Å². The zero-order valence-corrected chi connectivity index (χ0v) is 24.3. The van der Waals surface area contributed by atoms with Crippen LogP contribution in [-0.2, 0) is 16.2 Å². The lowest BCUT2D eigenvalue weighted by Crippen LogP contribution is -2.11. The van der Waals surface area contributed by atoms with E-state index < -0.39 is 0 Å². The summed E-state index contributed by atoms with van der Waals surface area (Å²) in [7, 11) is 0. The molecule has 0 saturated heterocycles. The number of rotatable bonds is 0. The van der Waals surface area contributed by atoms with E-state index >= 15 is 0 Å². The molecule has 3 rings (SSSR count). The van der Waals surface area contributed by atoms with Crippen LogP contribution in [-0.4, -0.2) is 15.0 Å². The molecule has 0 fully saturated rings. The van der Waals surface area contributed by atoms with Crippen LogP contribution in [0.2, 0.25) is 0 Å². The molecule has 0 radical (unpaired) electrons. The number of aromatic nitrogens is 3. The van der Waals surface area contributed by atoms with Gasteiger partial charge in [-0.25, -0.2) is 9.97 Å². The lowest BCUT2D eigenvalue weighted by atomic mass is 9.87. The number of nitrogens with zero attached hydrogens (tertiary/aromatic N) is 3. The van der Waals surface area contributed by atoms with Gasteiger partial charge in [0.1, 0.15) is 6.33 Å². The number of pyridine rings is 1. The van der Waals surface area contributed by atoms with Crippen LogP contribution in [0.5, 0.6) is 0 Å². The fourth-order valence-corrected chi connectivity index (χ4v) is 2.43. The first-order valence-corrected chi connectivity index (χ1v) is 12.5. The molecule has 0 aliphatic rings. The van der Waals surface area contributed by atoms with Crippen LogP contribution < -0.4 is 0 Å². The van der Waals surface area contributed by atoms with Gasteiger partial charge in [-0.05, 0) is 39.0 Å². The molecule has 0 aliphatic heterocycles. The van der Waals surface area contributed by atoms with E-state index in [2.05, 4.69) is 114 Å². The monoisotopic (exact) mass is 465 g/mol. The fourth-order valence-electron chi connectivity index (χ4n) is 2.43. The molecule has 0 spiro atoms. The van der Waals surface area contributed by atoms with Gasteiger partial charge in [0.2, 0.25) is 0 Å². The van der Waals surface area contributed by atoms with E-state index in [0.717, 1.165) is 0 Å². The van der Waals surface area contributed by atoms with Crippen LogP contribution in [0.1, 0.15) is 107 Å². The summed E-state index contributed by atoms with van der Waals surface area (Å²) in [6, 6.07) is 14.6. The van der Waals surface area contributed by atoms with Crippen molar-refractivity contribution >= 4 is 0 Å². The van der Waals surface area contributed by atoms with Gasteiger partial charge in [0.15, 0.2) is 0 Å². The molecule has 0 N–H and O–H groups in total. The minimum absolute atomic E-state index is 0.168. The number of hydrogen-bond donors (Lipinski definition) is 0. The zero-order chi connectivity index (χ0) is 26.8. The van der Waals surface area contributed by atoms with Crippen molar-refractivity contribution in [1.82, 2.24) is 15.0 Å². The van der Waals surface area contributed by atoms with Crippen molar-refractivity contribution in [2.45, 2.75) is 106 Å². The summed E-state index contributed by atoms with van der Waals surface area (Å²) in [6.45, 7) is 27.7. The Kier molecular flexibility index (Phi) is 16.8. The van der Waals surface area contributed by atoms with Crippen LogP contribution in [0, 0.1) is 0 Å². The summed E-state index contributed by atoms with van der Waals surface area (Å²) in [6.07, 6.45) is 8.98. The third-order valence-electron chi connectivity index (χ3n) is 4.59. The Morgan fingerprint density at radius 3 is 1.09 bits per heavy atom. The van der Waals surface area contributed by atoms with E-state index in [1.807, 2.05) is 52.4 Å². The predicted molar refractivity (Wildman–Crippen MR) is 152 cm³/mol. The van der Waals surface area contributed by atoms with Gasteiger partial charge >= 0.3 is 0 Å². The van der Waals surface area contributed by atoms with E-state index in [4.69, 9.17) is 0 Å². The number of benzene rings is 1. The SMILES string of the molecule is CC.CC.CC(C)(C)c1ccccc1.CC(C)(C)c1cccnc1.CC(C)(C)c1cncnc1. The zero-order valence-electron chi connectivity index (χ0n) is 24.3. The number of hydrogen-bond acceptors (Lipinski definition) is 3. The van der Waals surface area contributed by atoms with Gasteiger partial charge in [-0.3, -0.25) is 4.98 Å². The average molecular weight is 466 g/mol. The highest BCUT2D eigenvalue weighted by Crippen LogP contribution is 2.21. The Morgan fingerprint density at radius 1 is 0.441 bits per heavy atom. The maximum absolute atomic E-state index is 4.05. The van der Waals surface area contributed by atoms with Crippen LogP contribution in [0.25, 0.3) is 0 Å². The highest BCUT2D eigenvalue weighted by atomic mass is 14.8. The lowest BCUT2D eigenvalue weighted by Gasteiger charge is -2.18. The largest absolute Gasteiger partial charge is 0.264 e. The van der Waals surface area contributed by atoms with Crippen molar-refractivity contribution in [2.24, 2.45) is 0 Å². The third kappa shape index (κ3) is 15.3. The van der Waals surface area contributed by atoms with Crippen molar-refractivity contribution in [3.05, 3.63) is 90.3 Å². The molecule has 0 amide bonds. The molecule has 34 heavy (non-hydrogen) atoms. The average Bonchev–Trinajstić information content (AvgIpc) is 2.83. The molecule has 0 atom stereocenters. The molecular formula is C31H51N3. The smallest absolute Gasteiger partial charge is 0.115 e. The highest BCUT2D eigenvalue weighted by molar-refractivity contribution is 5.22. The van der Waals surface area contributed by atoms with E-state index in [-0.39, 0.29) is 10.8 Å². The molecule has 3 aromatic rings. The molecule has 190 valence electrons. The van der Waals surface area contributed by atoms with Crippen molar-refractivity contribution in [2.75, 3.05) is 0 Å². The van der Waals surface area contributed by atoms with Crippen LogP contribution >= 0.6 is 0 Å². The molecule has 1 aromatic carbocycles. The minimum atomic E-state index is 0.168. The maximum atomic E-state index is 4.05. The van der Waals surface area contributed by atoms with Crippen molar-refractivity contribution < 1.29 is 0 Å². The fraction of sp³-hybridized carbons (Fsp3) is 0.516. The van der Waals surface area contributed by atoms with Gasteiger partial charge < -0.3 is 0 Å². The topological polar surface area (TPSA) is 38.7 Å². The Hall–Kier alpha value is -2.55. The quantitative estimate of drug-likeness (QED) is 0.332. The summed E-state index contributed by atoms with van der Waals surface area (Å²) in [5.74, 6) is 0. The van der Waals surface area contributed by atoms with E-state index in [9.17, 15) is 0 Å². The standard InChI is InChI=1S/C10H14.C9H13N.C8H12N2.2C2H6/c1-10(2,3)9-7-5-4-6-8-9;1-9(2,3)8-5-4-6-10-7-8;1-8(2,3)7-4-9-6-10-5-7;2*1-2/h4-8H,1-3H3;4-7H,1-3H3;4-6H,1-3H3;2*1-2H3. The van der Waals surface area contributed by atoms with Gasteiger partial charge in [-0.1, -0.05) is 126 Å². The summed E-state index contributed by atoms with van der Waals surface area (Å²) in [5.41, 5.74) is 4.55. The van der Waals surface area contributed by atoms with Gasteiger partial charge in [0.25, 0.3) is 0 Å². The minimum Gasteiger partial charge on any atom is -0.264 e. The summed E-state index contributed by atoms with van der Waals surface area (Å²) in [4.78, 5) is 11.9. The van der Waals surface area contributed by atoms with Crippen LogP contribution in [0.15, 0.2) is 73.6 Å². The molecule has 0 saturated carbocycles. The van der Waals surface area contributed by atoms with Crippen molar-refractivity contribution in [1.29, 1.82) is 0 Å². The lowest BCUT2D eigenvalue weighted by molar-refractivity contribution is 0.584. The third-order valence-corrected chi connectivity index (χ3v) is 4.59. The van der Waals surface area contributed by atoms with Gasteiger partial charge in [-0.2, -0.15) is 0 Å². The maximum Gasteiger partial charge on any atom is 0.115 e. The van der Waals surface area contributed by atoms with E-state index in [1.54, 1.807) is 12.5 Å². The predicted octanol–water partition coefficient (Wildman–Crippen LogP) is 9.19. The first kappa shape index (κ1) is 33.6. The Morgan fingerprint density at radius 2 is 0.824 bits per heavy atom. The van der Waals surface area contributed by atoms with Crippen LogP contribution in [0.3, 0.4) is 0 Å². The molecule has 3 heteroatoms. The van der Waals surface area contributed by atoms with Crippen LogP contribution in [0.4, 0.5) is 0 Å². The Bertz CT molecular complexity index is 705. The first-order chi connectivity index (χ1) is 15.8. The van der Waals surface area contributed by atoms with Gasteiger partial charge in [0, 0.05) is 24.8 Å². The second kappa shape index (κ2) is 17.0. The summed E-state index contributed by atoms with van der Waals surface area (Å²) < 4.78 is 0. The second-order valence-corrected chi connectivity index (χ2v) is 10.5. The second-order valence-electron chi connectivity index (χ2n) is 10.5. The molecule has 0 aliphatic carbocycles. The molecular weight excluding hydrogens is 414 g/mol. The molecule has 0 bridgehead atoms. The summed E-state index contributed by atoms with van der Waals surface area (Å²) >= 11 is 0. The Balaban J connectivity index is 0. The normalized spacial score (nSPS) is 10.5. The highest BCUT2D eigenvalue weighted by Gasteiger charge is 2.13. The van der Waals surface area contributed by atoms with Gasteiger partial charge in [0.05, 0.1) is 0 Å². The molecule has 2 aromatic heterocycles. The molecule has 3 nitrogen and oxygen atoms in total. The molecule has 2 heterocycles. The van der Waals surface area contributed by atoms with Gasteiger partial charge in [-0.15, -0.1) is 0 Å². The summed E-state index contributed by atoms with van der Waals surface area (Å²) in [5, 5.41) is 0. The Labute approximate surface area is 211 Å².